The van der Waals surface area contributed by atoms with Crippen LogP contribution in [0.4, 0.5) is 0 Å². The van der Waals surface area contributed by atoms with Crippen molar-refractivity contribution >= 4 is 11.9 Å². The molecule has 0 saturated heterocycles. The van der Waals surface area contributed by atoms with Gasteiger partial charge in [0, 0.05) is 0 Å². The molecule has 0 aliphatic heterocycles. The van der Waals surface area contributed by atoms with E-state index in [0.717, 1.165) is 0 Å². The zero-order valence-corrected chi connectivity index (χ0v) is 9.42. The Morgan fingerprint density at radius 1 is 1.40 bits per heavy atom. The molecule has 0 aromatic rings. The molecular formula is C10H18N2O3. The van der Waals surface area contributed by atoms with Gasteiger partial charge in [-0.1, -0.05) is 0 Å². The highest BCUT2D eigenvalue weighted by molar-refractivity contribution is 5.91. The van der Waals surface area contributed by atoms with E-state index in [1.54, 1.807) is 20.8 Å². The van der Waals surface area contributed by atoms with Crippen molar-refractivity contribution in [3.63, 3.8) is 0 Å². The summed E-state index contributed by atoms with van der Waals surface area (Å²) in [6.45, 7) is 5.21. The minimum absolute atomic E-state index is 0.116. The lowest BCUT2D eigenvalue weighted by Gasteiger charge is -2.19. The fraction of sp³-hybridized carbons (Fsp3) is 0.800. The summed E-state index contributed by atoms with van der Waals surface area (Å²) in [4.78, 5) is 22.6. The van der Waals surface area contributed by atoms with Crippen molar-refractivity contribution in [2.45, 2.75) is 44.8 Å². The van der Waals surface area contributed by atoms with E-state index in [-0.39, 0.29) is 12.5 Å². The van der Waals surface area contributed by atoms with Gasteiger partial charge in [0.1, 0.15) is 12.1 Å². The van der Waals surface area contributed by atoms with E-state index in [9.17, 15) is 9.59 Å². The minimum atomic E-state index is -0.734. The SMILES string of the molecule is CC(C)(C)OC(=O)CNC(=O)C1(N)CC1. The number of carbonyl (C=O) groups excluding carboxylic acids is 2. The molecule has 0 aromatic heterocycles. The zero-order valence-electron chi connectivity index (χ0n) is 9.42. The fourth-order valence-electron chi connectivity index (χ4n) is 1.07. The summed E-state index contributed by atoms with van der Waals surface area (Å²) in [6.07, 6.45) is 1.38. The van der Waals surface area contributed by atoms with Gasteiger partial charge in [0.05, 0.1) is 5.54 Å². The molecule has 0 unspecified atom stereocenters. The van der Waals surface area contributed by atoms with Gasteiger partial charge in [-0.2, -0.15) is 0 Å². The summed E-state index contributed by atoms with van der Waals surface area (Å²) in [5, 5.41) is 2.47. The third-order valence-electron chi connectivity index (χ3n) is 2.05. The quantitative estimate of drug-likeness (QED) is 0.645. The van der Waals surface area contributed by atoms with E-state index in [2.05, 4.69) is 5.32 Å². The van der Waals surface area contributed by atoms with Crippen molar-refractivity contribution in [3.8, 4) is 0 Å². The second kappa shape index (κ2) is 3.81. The van der Waals surface area contributed by atoms with Crippen LogP contribution in [0, 0.1) is 0 Å². The van der Waals surface area contributed by atoms with Crippen LogP contribution in [-0.4, -0.2) is 29.6 Å². The molecule has 15 heavy (non-hydrogen) atoms. The molecule has 0 radical (unpaired) electrons. The van der Waals surface area contributed by atoms with Crippen LogP contribution in [0.15, 0.2) is 0 Å². The summed E-state index contributed by atoms with van der Waals surface area (Å²) in [5.74, 6) is -0.714. The number of amides is 1. The van der Waals surface area contributed by atoms with Crippen molar-refractivity contribution in [1.82, 2.24) is 5.32 Å². The first-order valence-electron chi connectivity index (χ1n) is 5.02. The van der Waals surface area contributed by atoms with Crippen LogP contribution in [-0.2, 0) is 14.3 Å². The van der Waals surface area contributed by atoms with Crippen LogP contribution < -0.4 is 11.1 Å². The van der Waals surface area contributed by atoms with Gasteiger partial charge in [-0.25, -0.2) is 0 Å². The predicted octanol–water partition coefficient (Wildman–Crippen LogP) is -0.0644. The first-order chi connectivity index (χ1) is 6.73. The molecule has 0 heterocycles. The molecular weight excluding hydrogens is 196 g/mol. The van der Waals surface area contributed by atoms with E-state index < -0.39 is 17.1 Å². The molecule has 0 aromatic carbocycles. The normalized spacial score (nSPS) is 18.1. The Hall–Kier alpha value is -1.10. The van der Waals surface area contributed by atoms with E-state index >= 15 is 0 Å². The second-order valence-corrected chi connectivity index (χ2v) is 4.93. The molecule has 5 heteroatoms. The van der Waals surface area contributed by atoms with Crippen molar-refractivity contribution < 1.29 is 14.3 Å². The topological polar surface area (TPSA) is 81.4 Å². The summed E-state index contributed by atoms with van der Waals surface area (Å²) in [5.41, 5.74) is 4.38. The van der Waals surface area contributed by atoms with Gasteiger partial charge in [-0.3, -0.25) is 9.59 Å². The van der Waals surface area contributed by atoms with Gasteiger partial charge in [0.2, 0.25) is 5.91 Å². The van der Waals surface area contributed by atoms with E-state index in [1.807, 2.05) is 0 Å². The Morgan fingerprint density at radius 2 is 1.93 bits per heavy atom. The summed E-state index contributed by atoms with van der Waals surface area (Å²) >= 11 is 0. The third kappa shape index (κ3) is 3.87. The van der Waals surface area contributed by atoms with Gasteiger partial charge in [-0.05, 0) is 33.6 Å². The van der Waals surface area contributed by atoms with Crippen LogP contribution in [0.2, 0.25) is 0 Å². The number of carbonyl (C=O) groups is 2. The first kappa shape index (κ1) is 12.0. The van der Waals surface area contributed by atoms with Crippen molar-refractivity contribution in [2.75, 3.05) is 6.54 Å². The van der Waals surface area contributed by atoms with Gasteiger partial charge in [0.15, 0.2) is 0 Å². The lowest BCUT2D eigenvalue weighted by Crippen LogP contribution is -2.45. The summed E-state index contributed by atoms with van der Waals surface area (Å²) in [7, 11) is 0. The fourth-order valence-corrected chi connectivity index (χ4v) is 1.07. The molecule has 0 spiro atoms. The smallest absolute Gasteiger partial charge is 0.325 e. The van der Waals surface area contributed by atoms with Crippen molar-refractivity contribution in [3.05, 3.63) is 0 Å². The van der Waals surface area contributed by atoms with Gasteiger partial charge >= 0.3 is 5.97 Å². The lowest BCUT2D eigenvalue weighted by molar-refractivity contribution is -0.154. The number of nitrogens with two attached hydrogens (primary N) is 1. The molecule has 0 bridgehead atoms. The lowest BCUT2D eigenvalue weighted by atomic mass is 10.2. The van der Waals surface area contributed by atoms with Gasteiger partial charge in [0.25, 0.3) is 0 Å². The van der Waals surface area contributed by atoms with Gasteiger partial charge in [-0.15, -0.1) is 0 Å². The highest BCUT2D eigenvalue weighted by Crippen LogP contribution is 2.31. The number of rotatable bonds is 3. The predicted molar refractivity (Wildman–Crippen MR) is 55.0 cm³/mol. The van der Waals surface area contributed by atoms with Crippen molar-refractivity contribution in [1.29, 1.82) is 0 Å². The van der Waals surface area contributed by atoms with Crippen LogP contribution in [0.3, 0.4) is 0 Å². The van der Waals surface area contributed by atoms with E-state index in [4.69, 9.17) is 10.5 Å². The molecule has 1 fully saturated rings. The molecule has 86 valence electrons. The largest absolute Gasteiger partial charge is 0.459 e. The van der Waals surface area contributed by atoms with Crippen LogP contribution in [0.5, 0.6) is 0 Å². The molecule has 1 amide bonds. The highest BCUT2D eigenvalue weighted by Gasteiger charge is 2.45. The molecule has 0 atom stereocenters. The van der Waals surface area contributed by atoms with Crippen molar-refractivity contribution in [2.24, 2.45) is 5.73 Å². The second-order valence-electron chi connectivity index (χ2n) is 4.93. The maximum Gasteiger partial charge on any atom is 0.325 e. The number of hydrogen-bond donors (Lipinski definition) is 2. The average Bonchev–Trinajstić information content (AvgIpc) is 2.77. The number of hydrogen-bond acceptors (Lipinski definition) is 4. The van der Waals surface area contributed by atoms with Crippen LogP contribution in [0.1, 0.15) is 33.6 Å². The average molecular weight is 214 g/mol. The maximum atomic E-state index is 11.4. The number of esters is 1. The van der Waals surface area contributed by atoms with E-state index in [0.29, 0.717) is 12.8 Å². The Balaban J connectivity index is 2.25. The molecule has 3 N–H and O–H groups in total. The minimum Gasteiger partial charge on any atom is -0.459 e. The summed E-state index contributed by atoms with van der Waals surface area (Å²) < 4.78 is 5.03. The van der Waals surface area contributed by atoms with E-state index in [1.165, 1.54) is 0 Å². The highest BCUT2D eigenvalue weighted by atomic mass is 16.6. The third-order valence-corrected chi connectivity index (χ3v) is 2.05. The Morgan fingerprint density at radius 3 is 2.33 bits per heavy atom. The van der Waals surface area contributed by atoms with Gasteiger partial charge < -0.3 is 15.8 Å². The number of ether oxygens (including phenoxy) is 1. The van der Waals surface area contributed by atoms with Crippen LogP contribution in [0.25, 0.3) is 0 Å². The maximum absolute atomic E-state index is 11.4. The summed E-state index contributed by atoms with van der Waals surface area (Å²) in [6, 6.07) is 0. The Bertz CT molecular complexity index is 277. The Labute approximate surface area is 89.3 Å². The molecule has 1 aliphatic rings. The Kier molecular flexibility index (Phi) is 3.04. The molecule has 5 nitrogen and oxygen atoms in total. The molecule has 1 saturated carbocycles. The monoisotopic (exact) mass is 214 g/mol. The molecule has 1 aliphatic carbocycles. The number of nitrogens with one attached hydrogen (secondary N) is 1. The first-order valence-corrected chi connectivity index (χ1v) is 5.02. The zero-order chi connectivity index (χ0) is 11.7. The molecule has 1 rings (SSSR count). The standard InChI is InChI=1S/C10H18N2O3/c1-9(2,3)15-7(13)6-12-8(14)10(11)4-5-10/h4-6,11H2,1-3H3,(H,12,14). The van der Waals surface area contributed by atoms with Crippen LogP contribution >= 0.6 is 0 Å².